The van der Waals surface area contributed by atoms with Crippen LogP contribution >= 0.6 is 0 Å². The highest BCUT2D eigenvalue weighted by Gasteiger charge is 2.32. The number of aromatic nitrogens is 2. The fourth-order valence-electron chi connectivity index (χ4n) is 4.04. The van der Waals surface area contributed by atoms with E-state index in [1.54, 1.807) is 43.3 Å². The van der Waals surface area contributed by atoms with Crippen molar-refractivity contribution >= 4 is 20.9 Å². The van der Waals surface area contributed by atoms with Gasteiger partial charge < -0.3 is 0 Å². The molecule has 1 unspecified atom stereocenters. The summed E-state index contributed by atoms with van der Waals surface area (Å²) < 4.78 is 68.6. The molecule has 0 radical (unpaired) electrons. The molecule has 37 heavy (non-hydrogen) atoms. The molecule has 0 aliphatic heterocycles. The Bertz CT molecular complexity index is 1600. The predicted molar refractivity (Wildman–Crippen MR) is 136 cm³/mol. The Hall–Kier alpha value is -3.50. The normalized spacial score (nSPS) is 13.4. The summed E-state index contributed by atoms with van der Waals surface area (Å²) in [6.45, 7) is 5.59. The van der Waals surface area contributed by atoms with Crippen LogP contribution in [0.15, 0.2) is 82.5 Å². The molecule has 1 heterocycles. The van der Waals surface area contributed by atoms with Crippen LogP contribution in [0.1, 0.15) is 49.7 Å². The maximum Gasteiger partial charge on any atom is 0.416 e. The van der Waals surface area contributed by atoms with Crippen LogP contribution in [0.4, 0.5) is 13.2 Å². The minimum Gasteiger partial charge on any atom is -0.268 e. The molecule has 4 rings (SSSR count). The number of alkyl halides is 3. The zero-order chi connectivity index (χ0) is 27.1. The summed E-state index contributed by atoms with van der Waals surface area (Å²) in [6.07, 6.45) is -4.54. The zero-order valence-corrected chi connectivity index (χ0v) is 21.5. The number of fused-ring (bicyclic) bond motifs is 1. The Morgan fingerprint density at radius 1 is 0.892 bits per heavy atom. The molecule has 0 bridgehead atoms. The van der Waals surface area contributed by atoms with Crippen molar-refractivity contribution in [2.75, 3.05) is 7.05 Å². The molecule has 0 aliphatic carbocycles. The Balaban J connectivity index is 1.85. The number of halogens is 3. The van der Waals surface area contributed by atoms with Gasteiger partial charge in [0, 0.05) is 7.05 Å². The first-order chi connectivity index (χ1) is 17.3. The van der Waals surface area contributed by atoms with E-state index in [9.17, 15) is 26.4 Å². The quantitative estimate of drug-likeness (QED) is 0.311. The second-order valence-corrected chi connectivity index (χ2v) is 11.1. The van der Waals surface area contributed by atoms with Gasteiger partial charge in [0.05, 0.1) is 33.1 Å². The predicted octanol–water partition coefficient (Wildman–Crippen LogP) is 5.91. The smallest absolute Gasteiger partial charge is 0.268 e. The molecule has 0 fully saturated rings. The topological polar surface area (TPSA) is 72.3 Å². The van der Waals surface area contributed by atoms with Crippen LogP contribution in [0.3, 0.4) is 0 Å². The highest BCUT2D eigenvalue weighted by molar-refractivity contribution is 7.89. The van der Waals surface area contributed by atoms with Gasteiger partial charge in [-0.3, -0.25) is 9.36 Å². The summed E-state index contributed by atoms with van der Waals surface area (Å²) in [6, 6.07) is 16.3. The van der Waals surface area contributed by atoms with E-state index in [1.807, 2.05) is 13.8 Å². The number of rotatable bonds is 6. The second kappa shape index (κ2) is 9.75. The molecule has 1 atom stereocenters. The summed E-state index contributed by atoms with van der Waals surface area (Å²) in [7, 11) is -2.61. The molecule has 0 saturated carbocycles. The molecule has 0 aliphatic rings. The lowest BCUT2D eigenvalue weighted by molar-refractivity contribution is -0.137. The van der Waals surface area contributed by atoms with Crippen LogP contribution < -0.4 is 5.56 Å². The van der Waals surface area contributed by atoms with Crippen LogP contribution in [0.5, 0.6) is 0 Å². The lowest BCUT2D eigenvalue weighted by Crippen LogP contribution is -2.35. The molecule has 6 nitrogen and oxygen atoms in total. The molecular weight excluding hydrogens is 503 g/mol. The van der Waals surface area contributed by atoms with Crippen molar-refractivity contribution in [2.24, 2.45) is 0 Å². The van der Waals surface area contributed by atoms with Gasteiger partial charge in [-0.1, -0.05) is 38.1 Å². The molecule has 10 heteroatoms. The van der Waals surface area contributed by atoms with Gasteiger partial charge in [-0.05, 0) is 66.9 Å². The maximum atomic E-state index is 13.5. The van der Waals surface area contributed by atoms with Gasteiger partial charge in [-0.15, -0.1) is 0 Å². The minimum absolute atomic E-state index is 0.0772. The Labute approximate surface area is 213 Å². The maximum absolute atomic E-state index is 13.5. The van der Waals surface area contributed by atoms with Gasteiger partial charge in [0.15, 0.2) is 0 Å². The first-order valence-corrected chi connectivity index (χ1v) is 13.0. The van der Waals surface area contributed by atoms with Crippen molar-refractivity contribution < 1.29 is 21.6 Å². The van der Waals surface area contributed by atoms with Gasteiger partial charge >= 0.3 is 6.18 Å². The molecular formula is C27H26F3N3O3S. The SMILES string of the molecule is CC(C)c1ccc(S(=O)(=O)N(C)C(C)c2nc3ccccc3c(=O)n2-c2ccc(C(F)(F)F)cc2)cc1. The summed E-state index contributed by atoms with van der Waals surface area (Å²) in [5, 5.41) is 0.258. The third kappa shape index (κ3) is 5.03. The van der Waals surface area contributed by atoms with Crippen LogP contribution in [-0.4, -0.2) is 29.3 Å². The summed E-state index contributed by atoms with van der Waals surface area (Å²) in [5.74, 6) is 0.307. The summed E-state index contributed by atoms with van der Waals surface area (Å²) in [4.78, 5) is 18.2. The van der Waals surface area contributed by atoms with Crippen molar-refractivity contribution in [3.63, 3.8) is 0 Å². The van der Waals surface area contributed by atoms with E-state index in [4.69, 9.17) is 0 Å². The highest BCUT2D eigenvalue weighted by Crippen LogP contribution is 2.31. The van der Waals surface area contributed by atoms with E-state index in [-0.39, 0.29) is 27.7 Å². The molecule has 0 N–H and O–H groups in total. The third-order valence-corrected chi connectivity index (χ3v) is 8.34. The fourth-order valence-corrected chi connectivity index (χ4v) is 5.36. The number of nitrogens with zero attached hydrogens (tertiary/aromatic N) is 3. The van der Waals surface area contributed by atoms with Crippen molar-refractivity contribution in [3.8, 4) is 5.69 Å². The van der Waals surface area contributed by atoms with Crippen LogP contribution in [0.25, 0.3) is 16.6 Å². The van der Waals surface area contributed by atoms with E-state index in [0.29, 0.717) is 5.52 Å². The first kappa shape index (κ1) is 26.6. The van der Waals surface area contributed by atoms with Crippen LogP contribution in [0.2, 0.25) is 0 Å². The van der Waals surface area contributed by atoms with Crippen molar-refractivity contribution in [1.82, 2.24) is 13.9 Å². The first-order valence-electron chi connectivity index (χ1n) is 11.6. The second-order valence-electron chi connectivity index (χ2n) is 9.09. The van der Waals surface area contributed by atoms with Crippen LogP contribution in [0, 0.1) is 0 Å². The van der Waals surface area contributed by atoms with Gasteiger partial charge in [-0.25, -0.2) is 13.4 Å². The van der Waals surface area contributed by atoms with E-state index >= 15 is 0 Å². The summed E-state index contributed by atoms with van der Waals surface area (Å²) >= 11 is 0. The highest BCUT2D eigenvalue weighted by atomic mass is 32.2. The van der Waals surface area contributed by atoms with Crippen molar-refractivity contribution in [2.45, 2.75) is 43.8 Å². The Kier molecular flexibility index (Phi) is 7.00. The van der Waals surface area contributed by atoms with E-state index in [2.05, 4.69) is 4.98 Å². The molecule has 4 aromatic rings. The van der Waals surface area contributed by atoms with Crippen LogP contribution in [-0.2, 0) is 16.2 Å². The van der Waals surface area contributed by atoms with Crippen molar-refractivity contribution in [1.29, 1.82) is 0 Å². The largest absolute Gasteiger partial charge is 0.416 e. The third-order valence-electron chi connectivity index (χ3n) is 6.40. The molecule has 194 valence electrons. The number of sulfonamides is 1. The minimum atomic E-state index is -4.54. The lowest BCUT2D eigenvalue weighted by atomic mass is 10.0. The van der Waals surface area contributed by atoms with E-state index < -0.39 is 33.4 Å². The zero-order valence-electron chi connectivity index (χ0n) is 20.7. The Morgan fingerprint density at radius 3 is 2.05 bits per heavy atom. The molecule has 0 spiro atoms. The van der Waals surface area contributed by atoms with Gasteiger partial charge in [0.25, 0.3) is 5.56 Å². The summed E-state index contributed by atoms with van der Waals surface area (Å²) in [5.41, 5.74) is 0.105. The average Bonchev–Trinajstić information content (AvgIpc) is 2.87. The van der Waals surface area contributed by atoms with Gasteiger partial charge in [-0.2, -0.15) is 17.5 Å². The molecule has 1 aromatic heterocycles. The number of benzene rings is 3. The molecule has 3 aromatic carbocycles. The fraction of sp³-hybridized carbons (Fsp3) is 0.259. The van der Waals surface area contributed by atoms with Gasteiger partial charge in [0.1, 0.15) is 5.82 Å². The standard InChI is InChI=1S/C27H26F3N3O3S/c1-17(2)19-9-15-22(16-10-19)37(35,36)32(4)18(3)25-31-24-8-6-5-7-23(24)26(34)33(25)21-13-11-20(12-14-21)27(28,29)30/h5-18H,1-4H3. The molecule has 0 amide bonds. The number of hydrogen-bond donors (Lipinski definition) is 0. The van der Waals surface area contributed by atoms with Crippen molar-refractivity contribution in [3.05, 3.63) is 100 Å². The Morgan fingerprint density at radius 2 is 1.49 bits per heavy atom. The van der Waals surface area contributed by atoms with Gasteiger partial charge in [0.2, 0.25) is 10.0 Å². The average molecular weight is 530 g/mol. The monoisotopic (exact) mass is 529 g/mol. The molecule has 0 saturated heterocycles. The number of para-hydroxylation sites is 1. The van der Waals surface area contributed by atoms with E-state index in [0.717, 1.165) is 22.0 Å². The number of hydrogen-bond acceptors (Lipinski definition) is 4. The lowest BCUT2D eigenvalue weighted by Gasteiger charge is -2.26. The van der Waals surface area contributed by atoms with E-state index in [1.165, 1.54) is 35.9 Å².